The van der Waals surface area contributed by atoms with Crippen LogP contribution in [-0.4, -0.2) is 25.7 Å². The summed E-state index contributed by atoms with van der Waals surface area (Å²) in [6, 6.07) is 5.85. The summed E-state index contributed by atoms with van der Waals surface area (Å²) < 4.78 is 10.8. The number of carbonyl (C=O) groups is 1. The second-order valence-electron chi connectivity index (χ2n) is 5.76. The third-order valence-electron chi connectivity index (χ3n) is 3.58. The first-order chi connectivity index (χ1) is 10.6. The minimum Gasteiger partial charge on any atom is -0.493 e. The molecule has 0 radical (unpaired) electrons. The van der Waals surface area contributed by atoms with E-state index < -0.39 is 0 Å². The second-order valence-corrected chi connectivity index (χ2v) is 5.76. The number of methoxy groups -OCH3 is 1. The van der Waals surface area contributed by atoms with Crippen LogP contribution in [0.1, 0.15) is 51.5 Å². The van der Waals surface area contributed by atoms with Crippen LogP contribution in [0.25, 0.3) is 0 Å². The van der Waals surface area contributed by atoms with Crippen molar-refractivity contribution in [3.8, 4) is 11.5 Å². The van der Waals surface area contributed by atoms with Crippen molar-refractivity contribution in [3.05, 3.63) is 23.8 Å². The molecule has 0 aliphatic rings. The average molecular weight is 307 g/mol. The van der Waals surface area contributed by atoms with E-state index in [1.54, 1.807) is 7.11 Å². The number of unbranched alkanes of at least 4 members (excludes halogenated alkanes) is 3. The monoisotopic (exact) mass is 307 g/mol. The van der Waals surface area contributed by atoms with Gasteiger partial charge in [-0.3, -0.25) is 4.79 Å². The summed E-state index contributed by atoms with van der Waals surface area (Å²) >= 11 is 0. The van der Waals surface area contributed by atoms with Crippen LogP contribution in [0.4, 0.5) is 0 Å². The Morgan fingerprint density at radius 3 is 2.68 bits per heavy atom. The van der Waals surface area contributed by atoms with Crippen molar-refractivity contribution in [3.63, 3.8) is 0 Å². The number of benzene rings is 1. The Kier molecular flexibility index (Phi) is 8.41. The lowest BCUT2D eigenvalue weighted by molar-refractivity contribution is -0.123. The summed E-state index contributed by atoms with van der Waals surface area (Å²) in [5.41, 5.74) is 1.09. The maximum atomic E-state index is 11.9. The van der Waals surface area contributed by atoms with Gasteiger partial charge in [-0.1, -0.05) is 38.7 Å². The molecular formula is C18H29NO3. The topological polar surface area (TPSA) is 47.6 Å². The summed E-state index contributed by atoms with van der Waals surface area (Å²) in [7, 11) is 1.60. The van der Waals surface area contributed by atoms with E-state index in [-0.39, 0.29) is 18.6 Å². The van der Waals surface area contributed by atoms with Crippen molar-refractivity contribution in [1.29, 1.82) is 0 Å². The zero-order chi connectivity index (χ0) is 16.4. The second kappa shape index (κ2) is 10.1. The third-order valence-corrected chi connectivity index (χ3v) is 3.58. The van der Waals surface area contributed by atoms with Gasteiger partial charge in [0.2, 0.25) is 0 Å². The predicted octanol–water partition coefficient (Wildman–Crippen LogP) is 3.86. The molecule has 0 saturated carbocycles. The lowest BCUT2D eigenvalue weighted by atomic mass is 10.1. The normalized spacial score (nSPS) is 11.8. The standard InChI is InChI=1S/C18H29NO3/c1-5-6-7-8-9-15(3)19-18(20)13-22-16-11-10-14(2)12-17(16)21-4/h10-12,15H,5-9,13H2,1-4H3,(H,19,20). The minimum atomic E-state index is -0.0920. The van der Waals surface area contributed by atoms with Crippen LogP contribution in [0, 0.1) is 6.92 Å². The zero-order valence-electron chi connectivity index (χ0n) is 14.3. The molecule has 1 aromatic carbocycles. The van der Waals surface area contributed by atoms with E-state index in [1.807, 2.05) is 32.0 Å². The van der Waals surface area contributed by atoms with Crippen molar-refractivity contribution in [1.82, 2.24) is 5.32 Å². The summed E-state index contributed by atoms with van der Waals surface area (Å²) in [4.78, 5) is 11.9. The number of carbonyl (C=O) groups excluding carboxylic acids is 1. The molecular weight excluding hydrogens is 278 g/mol. The predicted molar refractivity (Wildman–Crippen MR) is 89.6 cm³/mol. The number of hydrogen-bond acceptors (Lipinski definition) is 3. The summed E-state index contributed by atoms with van der Waals surface area (Å²) in [6.45, 7) is 6.23. The SMILES string of the molecule is CCCCCCC(C)NC(=O)COc1ccc(C)cc1OC. The summed E-state index contributed by atoms with van der Waals surface area (Å²) in [6.07, 6.45) is 5.89. The van der Waals surface area contributed by atoms with Gasteiger partial charge in [-0.2, -0.15) is 0 Å². The van der Waals surface area contributed by atoms with Gasteiger partial charge in [0.1, 0.15) is 0 Å². The molecule has 124 valence electrons. The highest BCUT2D eigenvalue weighted by atomic mass is 16.5. The highest BCUT2D eigenvalue weighted by Crippen LogP contribution is 2.27. The van der Waals surface area contributed by atoms with E-state index in [4.69, 9.17) is 9.47 Å². The van der Waals surface area contributed by atoms with Crippen molar-refractivity contribution in [2.24, 2.45) is 0 Å². The van der Waals surface area contributed by atoms with E-state index in [9.17, 15) is 4.79 Å². The van der Waals surface area contributed by atoms with Crippen LogP contribution < -0.4 is 14.8 Å². The number of aryl methyl sites for hydroxylation is 1. The first kappa shape index (κ1) is 18.3. The van der Waals surface area contributed by atoms with E-state index in [2.05, 4.69) is 12.2 Å². The van der Waals surface area contributed by atoms with E-state index in [0.717, 1.165) is 18.4 Å². The van der Waals surface area contributed by atoms with Crippen molar-refractivity contribution in [2.45, 2.75) is 58.9 Å². The Bertz CT molecular complexity index is 460. The van der Waals surface area contributed by atoms with Gasteiger partial charge in [0.05, 0.1) is 7.11 Å². The molecule has 4 heteroatoms. The van der Waals surface area contributed by atoms with Gasteiger partial charge in [-0.05, 0) is 38.0 Å². The zero-order valence-corrected chi connectivity index (χ0v) is 14.3. The van der Waals surface area contributed by atoms with Crippen LogP contribution in [0.3, 0.4) is 0 Å². The molecule has 0 bridgehead atoms. The van der Waals surface area contributed by atoms with Crippen LogP contribution >= 0.6 is 0 Å². The Balaban J connectivity index is 2.33. The van der Waals surface area contributed by atoms with Crippen LogP contribution in [-0.2, 0) is 4.79 Å². The Hall–Kier alpha value is -1.71. The van der Waals surface area contributed by atoms with Crippen molar-refractivity contribution < 1.29 is 14.3 Å². The van der Waals surface area contributed by atoms with Gasteiger partial charge < -0.3 is 14.8 Å². The quantitative estimate of drug-likeness (QED) is 0.668. The summed E-state index contributed by atoms with van der Waals surface area (Å²) in [5.74, 6) is 1.16. The number of ether oxygens (including phenoxy) is 2. The molecule has 1 rings (SSSR count). The number of rotatable bonds is 10. The molecule has 1 atom stereocenters. The highest BCUT2D eigenvalue weighted by Gasteiger charge is 2.10. The number of amides is 1. The molecule has 1 N–H and O–H groups in total. The van der Waals surface area contributed by atoms with Gasteiger partial charge in [0.25, 0.3) is 5.91 Å². The molecule has 0 saturated heterocycles. The smallest absolute Gasteiger partial charge is 0.258 e. The molecule has 22 heavy (non-hydrogen) atoms. The maximum Gasteiger partial charge on any atom is 0.258 e. The van der Waals surface area contributed by atoms with Crippen LogP contribution in [0.2, 0.25) is 0 Å². The molecule has 0 fully saturated rings. The Morgan fingerprint density at radius 2 is 2.00 bits per heavy atom. The lowest BCUT2D eigenvalue weighted by Crippen LogP contribution is -2.36. The molecule has 4 nitrogen and oxygen atoms in total. The molecule has 1 unspecified atom stereocenters. The molecule has 0 heterocycles. The van der Waals surface area contributed by atoms with Gasteiger partial charge in [-0.25, -0.2) is 0 Å². The maximum absolute atomic E-state index is 11.9. The first-order valence-electron chi connectivity index (χ1n) is 8.13. The van der Waals surface area contributed by atoms with Gasteiger partial charge in [0, 0.05) is 6.04 Å². The van der Waals surface area contributed by atoms with Crippen molar-refractivity contribution in [2.75, 3.05) is 13.7 Å². The van der Waals surface area contributed by atoms with E-state index in [1.165, 1.54) is 19.3 Å². The molecule has 0 aliphatic heterocycles. The molecule has 0 spiro atoms. The van der Waals surface area contributed by atoms with E-state index in [0.29, 0.717) is 11.5 Å². The fourth-order valence-electron chi connectivity index (χ4n) is 2.30. The minimum absolute atomic E-state index is 0.0126. The Morgan fingerprint density at radius 1 is 1.23 bits per heavy atom. The van der Waals surface area contributed by atoms with Crippen LogP contribution in [0.5, 0.6) is 11.5 Å². The van der Waals surface area contributed by atoms with Crippen LogP contribution in [0.15, 0.2) is 18.2 Å². The molecule has 0 aromatic heterocycles. The fraction of sp³-hybridized carbons (Fsp3) is 0.611. The third kappa shape index (κ3) is 6.83. The largest absolute Gasteiger partial charge is 0.493 e. The van der Waals surface area contributed by atoms with E-state index >= 15 is 0 Å². The number of nitrogens with one attached hydrogen (secondary N) is 1. The summed E-state index contributed by atoms with van der Waals surface area (Å²) in [5, 5.41) is 2.97. The van der Waals surface area contributed by atoms with Crippen molar-refractivity contribution >= 4 is 5.91 Å². The fourth-order valence-corrected chi connectivity index (χ4v) is 2.30. The molecule has 1 aromatic rings. The van der Waals surface area contributed by atoms with Gasteiger partial charge in [0.15, 0.2) is 18.1 Å². The highest BCUT2D eigenvalue weighted by molar-refractivity contribution is 5.77. The first-order valence-corrected chi connectivity index (χ1v) is 8.13. The lowest BCUT2D eigenvalue weighted by Gasteiger charge is -2.15. The average Bonchev–Trinajstić information content (AvgIpc) is 2.50. The molecule has 1 amide bonds. The Labute approximate surface area is 134 Å². The van der Waals surface area contributed by atoms with Gasteiger partial charge >= 0.3 is 0 Å². The molecule has 0 aliphatic carbocycles. The number of hydrogen-bond donors (Lipinski definition) is 1. The van der Waals surface area contributed by atoms with Gasteiger partial charge in [-0.15, -0.1) is 0 Å².